The summed E-state index contributed by atoms with van der Waals surface area (Å²) in [5, 5.41) is 14.9. The zero-order chi connectivity index (χ0) is 19.5. The van der Waals surface area contributed by atoms with Crippen LogP contribution in [-0.4, -0.2) is 29.7 Å². The molecule has 0 aromatic heterocycles. The van der Waals surface area contributed by atoms with Gasteiger partial charge in [0, 0.05) is 13.0 Å². The first-order valence-corrected chi connectivity index (χ1v) is 9.11. The van der Waals surface area contributed by atoms with Crippen molar-refractivity contribution < 1.29 is 19.4 Å². The van der Waals surface area contributed by atoms with Crippen molar-refractivity contribution >= 4 is 12.0 Å². The predicted molar refractivity (Wildman–Crippen MR) is 103 cm³/mol. The molecule has 2 rings (SSSR count). The molecule has 1 atom stereocenters. The SMILES string of the molecule is CCCCNC(=O)C(Cc1ccc(O)cc1)NC(=O)OCc1ccccc1. The van der Waals surface area contributed by atoms with Gasteiger partial charge in [0.1, 0.15) is 18.4 Å². The Balaban J connectivity index is 1.96. The van der Waals surface area contributed by atoms with Gasteiger partial charge in [0.25, 0.3) is 0 Å². The number of phenolic OH excluding ortho intramolecular Hbond substituents is 1. The maximum atomic E-state index is 12.5. The van der Waals surface area contributed by atoms with Crippen molar-refractivity contribution in [3.8, 4) is 5.75 Å². The summed E-state index contributed by atoms with van der Waals surface area (Å²) in [5.41, 5.74) is 1.70. The molecule has 0 aliphatic carbocycles. The van der Waals surface area contributed by atoms with E-state index in [1.807, 2.05) is 37.3 Å². The number of rotatable bonds is 9. The normalized spacial score (nSPS) is 11.4. The van der Waals surface area contributed by atoms with Gasteiger partial charge in [-0.1, -0.05) is 55.8 Å². The molecular weight excluding hydrogens is 344 g/mol. The van der Waals surface area contributed by atoms with Gasteiger partial charge >= 0.3 is 6.09 Å². The van der Waals surface area contributed by atoms with E-state index < -0.39 is 12.1 Å². The molecule has 2 aromatic carbocycles. The number of ether oxygens (including phenoxy) is 1. The number of hydrogen-bond acceptors (Lipinski definition) is 4. The van der Waals surface area contributed by atoms with Crippen LogP contribution in [0, 0.1) is 0 Å². The second kappa shape index (κ2) is 10.9. The minimum absolute atomic E-state index is 0.135. The molecule has 0 saturated heterocycles. The van der Waals surface area contributed by atoms with Gasteiger partial charge in [-0.2, -0.15) is 0 Å². The monoisotopic (exact) mass is 370 g/mol. The van der Waals surface area contributed by atoms with Crippen LogP contribution in [0.15, 0.2) is 54.6 Å². The van der Waals surface area contributed by atoms with E-state index in [9.17, 15) is 14.7 Å². The average molecular weight is 370 g/mol. The lowest BCUT2D eigenvalue weighted by molar-refractivity contribution is -0.123. The third-order valence-electron chi connectivity index (χ3n) is 4.03. The van der Waals surface area contributed by atoms with Gasteiger partial charge in [0.2, 0.25) is 5.91 Å². The van der Waals surface area contributed by atoms with E-state index in [1.54, 1.807) is 24.3 Å². The Bertz CT molecular complexity index is 717. The van der Waals surface area contributed by atoms with Crippen LogP contribution in [0.1, 0.15) is 30.9 Å². The number of aromatic hydroxyl groups is 1. The van der Waals surface area contributed by atoms with Gasteiger partial charge in [-0.3, -0.25) is 4.79 Å². The highest BCUT2D eigenvalue weighted by Crippen LogP contribution is 2.12. The third-order valence-corrected chi connectivity index (χ3v) is 4.03. The van der Waals surface area contributed by atoms with Crippen LogP contribution in [0.25, 0.3) is 0 Å². The summed E-state index contributed by atoms with van der Waals surface area (Å²) in [5.74, 6) is -0.105. The van der Waals surface area contributed by atoms with Crippen LogP contribution in [0.5, 0.6) is 5.75 Å². The molecule has 27 heavy (non-hydrogen) atoms. The summed E-state index contributed by atoms with van der Waals surface area (Å²) >= 11 is 0. The number of carbonyl (C=O) groups excluding carboxylic acids is 2. The summed E-state index contributed by atoms with van der Waals surface area (Å²) in [6, 6.07) is 15.1. The molecule has 2 aromatic rings. The largest absolute Gasteiger partial charge is 0.508 e. The van der Waals surface area contributed by atoms with Gasteiger partial charge in [-0.05, 0) is 29.7 Å². The lowest BCUT2D eigenvalue weighted by atomic mass is 10.1. The number of hydrogen-bond donors (Lipinski definition) is 3. The number of benzene rings is 2. The van der Waals surface area contributed by atoms with Crippen LogP contribution < -0.4 is 10.6 Å². The molecule has 2 amide bonds. The Labute approximate surface area is 159 Å². The number of amides is 2. The smallest absolute Gasteiger partial charge is 0.408 e. The molecule has 3 N–H and O–H groups in total. The highest BCUT2D eigenvalue weighted by atomic mass is 16.5. The summed E-state index contributed by atoms with van der Waals surface area (Å²) in [4.78, 5) is 24.6. The molecule has 0 aliphatic rings. The lowest BCUT2D eigenvalue weighted by Crippen LogP contribution is -2.48. The maximum absolute atomic E-state index is 12.5. The standard InChI is InChI=1S/C21H26N2O4/c1-2-3-13-22-20(25)19(14-16-9-11-18(24)12-10-16)23-21(26)27-15-17-7-5-4-6-8-17/h4-12,19,24H,2-3,13-15H2,1H3,(H,22,25)(H,23,26). The Morgan fingerprint density at radius 2 is 1.74 bits per heavy atom. The highest BCUT2D eigenvalue weighted by Gasteiger charge is 2.21. The Morgan fingerprint density at radius 1 is 1.04 bits per heavy atom. The summed E-state index contributed by atoms with van der Waals surface area (Å²) < 4.78 is 5.22. The van der Waals surface area contributed by atoms with Crippen molar-refractivity contribution in [3.05, 3.63) is 65.7 Å². The molecule has 0 heterocycles. The van der Waals surface area contributed by atoms with Crippen molar-refractivity contribution in [2.75, 3.05) is 6.54 Å². The number of unbranched alkanes of at least 4 members (excludes halogenated alkanes) is 1. The minimum atomic E-state index is -0.755. The molecule has 0 fully saturated rings. The second-order valence-corrected chi connectivity index (χ2v) is 6.27. The van der Waals surface area contributed by atoms with Crippen molar-refractivity contribution in [1.29, 1.82) is 0 Å². The quantitative estimate of drug-likeness (QED) is 0.592. The fourth-order valence-corrected chi connectivity index (χ4v) is 2.50. The predicted octanol–water partition coefficient (Wildman–Crippen LogP) is 3.15. The number of phenols is 1. The van der Waals surface area contributed by atoms with Crippen molar-refractivity contribution in [1.82, 2.24) is 10.6 Å². The zero-order valence-electron chi connectivity index (χ0n) is 15.5. The molecular formula is C21H26N2O4. The van der Waals surface area contributed by atoms with Gasteiger partial charge in [0.15, 0.2) is 0 Å². The zero-order valence-corrected chi connectivity index (χ0v) is 15.5. The second-order valence-electron chi connectivity index (χ2n) is 6.27. The van der Waals surface area contributed by atoms with Gasteiger partial charge < -0.3 is 20.5 Å². The van der Waals surface area contributed by atoms with E-state index in [0.29, 0.717) is 13.0 Å². The molecule has 0 aliphatic heterocycles. The average Bonchev–Trinajstić information content (AvgIpc) is 2.68. The van der Waals surface area contributed by atoms with E-state index in [1.165, 1.54) is 0 Å². The van der Waals surface area contributed by atoms with Crippen LogP contribution in [0.2, 0.25) is 0 Å². The van der Waals surface area contributed by atoms with Crippen molar-refractivity contribution in [2.24, 2.45) is 0 Å². The Kier molecular flexibility index (Phi) is 8.16. The topological polar surface area (TPSA) is 87.7 Å². The van der Waals surface area contributed by atoms with Gasteiger partial charge in [-0.15, -0.1) is 0 Å². The molecule has 0 saturated carbocycles. The van der Waals surface area contributed by atoms with Crippen molar-refractivity contribution in [3.63, 3.8) is 0 Å². The molecule has 0 bridgehead atoms. The number of alkyl carbamates (subject to hydrolysis) is 1. The first-order valence-electron chi connectivity index (χ1n) is 9.11. The van der Waals surface area contributed by atoms with Crippen LogP contribution in [0.3, 0.4) is 0 Å². The summed E-state index contributed by atoms with van der Waals surface area (Å²) in [7, 11) is 0. The Hall–Kier alpha value is -3.02. The number of carbonyl (C=O) groups is 2. The maximum Gasteiger partial charge on any atom is 0.408 e. The van der Waals surface area contributed by atoms with Crippen molar-refractivity contribution in [2.45, 2.75) is 38.8 Å². The number of nitrogens with one attached hydrogen (secondary N) is 2. The molecule has 144 valence electrons. The van der Waals surface area contributed by atoms with E-state index >= 15 is 0 Å². The summed E-state index contributed by atoms with van der Waals surface area (Å²) in [6.07, 6.45) is 1.50. The van der Waals surface area contributed by atoms with Crippen LogP contribution in [-0.2, 0) is 22.6 Å². The fraction of sp³-hybridized carbons (Fsp3) is 0.333. The lowest BCUT2D eigenvalue weighted by Gasteiger charge is -2.18. The fourth-order valence-electron chi connectivity index (χ4n) is 2.50. The van der Waals surface area contributed by atoms with Gasteiger partial charge in [-0.25, -0.2) is 4.79 Å². The molecule has 1 unspecified atom stereocenters. The third kappa shape index (κ3) is 7.40. The molecule has 0 radical (unpaired) electrons. The van der Waals surface area contributed by atoms with Gasteiger partial charge in [0.05, 0.1) is 0 Å². The summed E-state index contributed by atoms with van der Waals surface area (Å²) in [6.45, 7) is 2.73. The van der Waals surface area contributed by atoms with Crippen LogP contribution in [0.4, 0.5) is 4.79 Å². The molecule has 6 heteroatoms. The molecule has 6 nitrogen and oxygen atoms in total. The van der Waals surface area contributed by atoms with E-state index in [2.05, 4.69) is 10.6 Å². The van der Waals surface area contributed by atoms with E-state index in [4.69, 9.17) is 4.74 Å². The van der Waals surface area contributed by atoms with Crippen LogP contribution >= 0.6 is 0 Å². The Morgan fingerprint density at radius 3 is 2.41 bits per heavy atom. The van der Waals surface area contributed by atoms with E-state index in [0.717, 1.165) is 24.0 Å². The highest BCUT2D eigenvalue weighted by molar-refractivity contribution is 5.85. The molecule has 0 spiro atoms. The minimum Gasteiger partial charge on any atom is -0.508 e. The first-order chi connectivity index (χ1) is 13.1. The first kappa shape index (κ1) is 20.3. The van der Waals surface area contributed by atoms with E-state index in [-0.39, 0.29) is 18.3 Å².